The van der Waals surface area contributed by atoms with Crippen molar-refractivity contribution >= 4 is 70.1 Å². The van der Waals surface area contributed by atoms with Crippen molar-refractivity contribution in [1.29, 1.82) is 0 Å². The topological polar surface area (TPSA) is 3.24 Å². The molecular weight excluding hydrogens is 863 g/mol. The summed E-state index contributed by atoms with van der Waals surface area (Å²) in [6, 6.07) is 99.9. The van der Waals surface area contributed by atoms with Crippen LogP contribution in [-0.2, 0) is 0 Å². The van der Waals surface area contributed by atoms with Crippen LogP contribution >= 0.6 is 11.3 Å². The Morgan fingerprint density at radius 3 is 1.27 bits per heavy atom. The third-order valence-electron chi connectivity index (χ3n) is 13.8. The van der Waals surface area contributed by atoms with Gasteiger partial charge in [-0.1, -0.05) is 218 Å². The second-order valence-electron chi connectivity index (χ2n) is 18.0. The lowest BCUT2D eigenvalue weighted by Gasteiger charge is -2.27. The average Bonchev–Trinajstić information content (AvgIpc) is 3.83. The minimum absolute atomic E-state index is 1.08. The molecule has 1 heterocycles. The van der Waals surface area contributed by atoms with Crippen LogP contribution in [0.3, 0.4) is 0 Å². The highest BCUT2D eigenvalue weighted by atomic mass is 32.1. The maximum Gasteiger partial charge on any atom is 0.0473 e. The van der Waals surface area contributed by atoms with Crippen molar-refractivity contribution in [3.63, 3.8) is 0 Å². The molecule has 0 unspecified atom stereocenters. The van der Waals surface area contributed by atoms with E-state index in [9.17, 15) is 0 Å². The molecule has 0 aliphatic heterocycles. The highest BCUT2D eigenvalue weighted by Crippen LogP contribution is 2.47. The van der Waals surface area contributed by atoms with Gasteiger partial charge in [0.05, 0.1) is 0 Å². The maximum atomic E-state index is 2.42. The Balaban J connectivity index is 0.968. The second kappa shape index (κ2) is 17.7. The average molecular weight is 908 g/mol. The summed E-state index contributed by atoms with van der Waals surface area (Å²) in [7, 11) is 0. The van der Waals surface area contributed by atoms with Crippen molar-refractivity contribution in [1.82, 2.24) is 0 Å². The number of hydrogen-bond donors (Lipinski definition) is 0. The Hall–Kier alpha value is -8.82. The van der Waals surface area contributed by atoms with Crippen molar-refractivity contribution in [3.8, 4) is 66.8 Å². The van der Waals surface area contributed by atoms with Gasteiger partial charge in [-0.2, -0.15) is 0 Å². The quantitative estimate of drug-likeness (QED) is 0.130. The number of benzene rings is 12. The third-order valence-corrected chi connectivity index (χ3v) is 15.1. The van der Waals surface area contributed by atoms with Gasteiger partial charge in [0.15, 0.2) is 0 Å². The van der Waals surface area contributed by atoms with Crippen LogP contribution in [0.1, 0.15) is 0 Å². The Morgan fingerprint density at radius 1 is 0.229 bits per heavy atom. The van der Waals surface area contributed by atoms with Gasteiger partial charge >= 0.3 is 0 Å². The molecule has 70 heavy (non-hydrogen) atoms. The van der Waals surface area contributed by atoms with Gasteiger partial charge in [0.1, 0.15) is 0 Å². The molecule has 12 aromatic carbocycles. The molecule has 0 radical (unpaired) electrons. The molecule has 0 aliphatic carbocycles. The van der Waals surface area contributed by atoms with Crippen LogP contribution in [0, 0.1) is 0 Å². The van der Waals surface area contributed by atoms with Gasteiger partial charge in [-0.15, -0.1) is 11.3 Å². The first kappa shape index (κ1) is 41.4. The van der Waals surface area contributed by atoms with Crippen LogP contribution < -0.4 is 4.90 Å². The van der Waals surface area contributed by atoms with E-state index in [1.54, 1.807) is 0 Å². The number of thiophene rings is 1. The van der Waals surface area contributed by atoms with Gasteiger partial charge in [0.25, 0.3) is 0 Å². The third kappa shape index (κ3) is 7.43. The Labute approximate surface area is 412 Å². The summed E-state index contributed by atoms with van der Waals surface area (Å²) in [6.45, 7) is 0. The lowest BCUT2D eigenvalue weighted by Crippen LogP contribution is -2.10. The molecule has 0 amide bonds. The summed E-state index contributed by atoms with van der Waals surface area (Å²) < 4.78 is 2.63. The predicted octanol–water partition coefficient (Wildman–Crippen LogP) is 19.8. The molecule has 13 rings (SSSR count). The number of nitrogens with zero attached hydrogens (tertiary/aromatic N) is 1. The van der Waals surface area contributed by atoms with E-state index in [0.29, 0.717) is 0 Å². The fourth-order valence-corrected chi connectivity index (χ4v) is 11.8. The van der Waals surface area contributed by atoms with Gasteiger partial charge in [0, 0.05) is 37.2 Å². The van der Waals surface area contributed by atoms with E-state index in [4.69, 9.17) is 0 Å². The van der Waals surface area contributed by atoms with E-state index < -0.39 is 0 Å². The van der Waals surface area contributed by atoms with Crippen molar-refractivity contribution in [2.75, 3.05) is 4.90 Å². The van der Waals surface area contributed by atoms with E-state index in [1.165, 1.54) is 103 Å². The first-order valence-corrected chi connectivity index (χ1v) is 24.8. The fraction of sp³-hybridized carbons (Fsp3) is 0. The lowest BCUT2D eigenvalue weighted by atomic mass is 9.84. The highest BCUT2D eigenvalue weighted by Gasteiger charge is 2.20. The number of fused-ring (bicyclic) bond motifs is 6. The largest absolute Gasteiger partial charge is 0.310 e. The molecule has 0 aliphatic rings. The minimum Gasteiger partial charge on any atom is -0.310 e. The van der Waals surface area contributed by atoms with E-state index in [-0.39, 0.29) is 0 Å². The molecule has 328 valence electrons. The molecule has 0 N–H and O–H groups in total. The summed E-state index contributed by atoms with van der Waals surface area (Å²) in [5.41, 5.74) is 17.7. The second-order valence-corrected chi connectivity index (χ2v) is 19.1. The van der Waals surface area contributed by atoms with E-state index >= 15 is 0 Å². The Kier molecular flexibility index (Phi) is 10.5. The molecule has 0 spiro atoms. The summed E-state index contributed by atoms with van der Waals surface area (Å²) in [6.07, 6.45) is 0. The SMILES string of the molecule is c1ccc(-c2cc(-c3ccccc3)cc(N(c3ccc(-c4ccc5c(c4)c(-c4ccccc4)c(-c4ccccc4)c4ccccc45)cc3)c3ccc(-c4cccc5c4sc4ccccc45)cc3)c2)cc1. The van der Waals surface area contributed by atoms with Gasteiger partial charge < -0.3 is 4.90 Å². The fourth-order valence-electron chi connectivity index (χ4n) is 10.5. The van der Waals surface area contributed by atoms with E-state index in [0.717, 1.165) is 22.6 Å². The van der Waals surface area contributed by atoms with Crippen LogP contribution in [0.15, 0.2) is 273 Å². The normalized spacial score (nSPS) is 11.4. The molecule has 0 bridgehead atoms. The highest BCUT2D eigenvalue weighted by molar-refractivity contribution is 7.26. The zero-order valence-corrected chi connectivity index (χ0v) is 39.2. The molecule has 1 nitrogen and oxygen atoms in total. The molecule has 0 fully saturated rings. The molecule has 13 aromatic rings. The number of rotatable bonds is 9. The van der Waals surface area contributed by atoms with Crippen molar-refractivity contribution in [2.24, 2.45) is 0 Å². The standard InChI is InChI=1S/C68H45NS/c1-5-18-46(19-6-1)53-42-54(47-20-7-2-8-21-47)44-57(43-53)69(56-39-34-49(35-40-56)58-29-17-30-63-61-27-15-16-31-65(61)70-68(58)63)55-37-32-48(33-38-55)52-36-41-60-59-26-13-14-28-62(59)66(50-22-9-3-10-23-50)67(64(60)45-52)51-24-11-4-12-25-51/h1-45H. The molecule has 0 saturated heterocycles. The maximum absolute atomic E-state index is 2.42. The van der Waals surface area contributed by atoms with Gasteiger partial charge in [-0.05, 0) is 143 Å². The van der Waals surface area contributed by atoms with Crippen molar-refractivity contribution < 1.29 is 0 Å². The van der Waals surface area contributed by atoms with E-state index in [1.807, 2.05) is 11.3 Å². The molecule has 0 saturated carbocycles. The summed E-state index contributed by atoms with van der Waals surface area (Å²) >= 11 is 1.88. The number of anilines is 3. The van der Waals surface area contributed by atoms with Crippen LogP contribution in [0.4, 0.5) is 17.1 Å². The summed E-state index contributed by atoms with van der Waals surface area (Å²) in [5.74, 6) is 0. The van der Waals surface area contributed by atoms with Gasteiger partial charge in [-0.3, -0.25) is 0 Å². The Morgan fingerprint density at radius 2 is 0.671 bits per heavy atom. The molecule has 1 aromatic heterocycles. The molecular formula is C68H45NS. The van der Waals surface area contributed by atoms with Crippen LogP contribution in [0.5, 0.6) is 0 Å². The van der Waals surface area contributed by atoms with Crippen molar-refractivity contribution in [3.05, 3.63) is 273 Å². The minimum atomic E-state index is 1.08. The first-order valence-electron chi connectivity index (χ1n) is 24.0. The lowest BCUT2D eigenvalue weighted by molar-refractivity contribution is 1.28. The van der Waals surface area contributed by atoms with Crippen LogP contribution in [0.25, 0.3) is 108 Å². The molecule has 0 atom stereocenters. The van der Waals surface area contributed by atoms with Crippen LogP contribution in [-0.4, -0.2) is 0 Å². The first-order chi connectivity index (χ1) is 34.7. The van der Waals surface area contributed by atoms with E-state index in [2.05, 4.69) is 278 Å². The summed E-state index contributed by atoms with van der Waals surface area (Å²) in [5, 5.41) is 7.63. The van der Waals surface area contributed by atoms with Crippen molar-refractivity contribution in [2.45, 2.75) is 0 Å². The number of hydrogen-bond acceptors (Lipinski definition) is 2. The van der Waals surface area contributed by atoms with Gasteiger partial charge in [-0.25, -0.2) is 0 Å². The zero-order chi connectivity index (χ0) is 46.4. The van der Waals surface area contributed by atoms with Gasteiger partial charge in [0.2, 0.25) is 0 Å². The Bertz CT molecular complexity index is 3950. The zero-order valence-electron chi connectivity index (χ0n) is 38.3. The predicted molar refractivity (Wildman–Crippen MR) is 302 cm³/mol. The summed E-state index contributed by atoms with van der Waals surface area (Å²) in [4.78, 5) is 2.42. The smallest absolute Gasteiger partial charge is 0.0473 e. The van der Waals surface area contributed by atoms with Crippen LogP contribution in [0.2, 0.25) is 0 Å². The molecule has 2 heteroatoms. The monoisotopic (exact) mass is 907 g/mol.